The number of aromatic nitrogens is 1. The lowest BCUT2D eigenvalue weighted by atomic mass is 10.1. The van der Waals surface area contributed by atoms with Crippen molar-refractivity contribution in [3.05, 3.63) is 64.7 Å². The molecule has 0 aliphatic rings. The van der Waals surface area contributed by atoms with Gasteiger partial charge in [0, 0.05) is 22.4 Å². The first kappa shape index (κ1) is 14.2. The predicted octanol–water partition coefficient (Wildman–Crippen LogP) is 5.73. The fourth-order valence-corrected chi connectivity index (χ4v) is 2.67. The zero-order valence-electron chi connectivity index (χ0n) is 11.4. The Hall–Kier alpha value is -1.77. The number of hydrogen-bond acceptors (Lipinski definition) is 2. The number of nitrogens with zero attached hydrogens (tertiary/aromatic N) is 1. The maximum atomic E-state index is 6.03. The molecule has 0 spiro atoms. The van der Waals surface area contributed by atoms with E-state index in [1.54, 1.807) is 6.07 Å². The van der Waals surface area contributed by atoms with E-state index in [0.29, 0.717) is 16.8 Å². The summed E-state index contributed by atoms with van der Waals surface area (Å²) in [4.78, 5) is 4.53. The van der Waals surface area contributed by atoms with Crippen LogP contribution in [0, 0.1) is 6.92 Å². The van der Waals surface area contributed by atoms with Crippen LogP contribution in [0.4, 0.5) is 0 Å². The molecule has 0 saturated heterocycles. The second-order valence-electron chi connectivity index (χ2n) is 4.78. The first-order valence-electron chi connectivity index (χ1n) is 6.56. The molecular formula is C17H13Cl2NO. The van der Waals surface area contributed by atoms with E-state index in [1.807, 2.05) is 49.4 Å². The predicted molar refractivity (Wildman–Crippen MR) is 87.6 cm³/mol. The van der Waals surface area contributed by atoms with Crippen LogP contribution in [0.5, 0.6) is 11.6 Å². The SMILES string of the molecule is Cc1cc(Cl)ccc1Oc1cc(CCl)c2ccccc2n1. The Morgan fingerprint density at radius 1 is 1.10 bits per heavy atom. The highest BCUT2D eigenvalue weighted by Gasteiger charge is 2.08. The van der Waals surface area contributed by atoms with E-state index in [9.17, 15) is 0 Å². The molecule has 4 heteroatoms. The van der Waals surface area contributed by atoms with E-state index < -0.39 is 0 Å². The number of fused-ring (bicyclic) bond motifs is 1. The molecule has 0 aliphatic heterocycles. The quantitative estimate of drug-likeness (QED) is 0.576. The molecule has 1 heterocycles. The fourth-order valence-electron chi connectivity index (χ4n) is 2.22. The molecule has 0 fully saturated rings. The lowest BCUT2D eigenvalue weighted by Gasteiger charge is -2.11. The van der Waals surface area contributed by atoms with Gasteiger partial charge in [0.2, 0.25) is 5.88 Å². The highest BCUT2D eigenvalue weighted by molar-refractivity contribution is 6.30. The van der Waals surface area contributed by atoms with Gasteiger partial charge >= 0.3 is 0 Å². The number of halogens is 2. The molecule has 1 aromatic heterocycles. The summed E-state index contributed by atoms with van der Waals surface area (Å²) in [7, 11) is 0. The number of alkyl halides is 1. The first-order chi connectivity index (χ1) is 10.2. The average molecular weight is 318 g/mol. The summed E-state index contributed by atoms with van der Waals surface area (Å²) in [6, 6.07) is 15.3. The first-order valence-corrected chi connectivity index (χ1v) is 7.47. The van der Waals surface area contributed by atoms with E-state index in [1.165, 1.54) is 0 Å². The maximum Gasteiger partial charge on any atom is 0.220 e. The van der Waals surface area contributed by atoms with Crippen molar-refractivity contribution in [2.45, 2.75) is 12.8 Å². The minimum atomic E-state index is 0.416. The summed E-state index contributed by atoms with van der Waals surface area (Å²) in [5.74, 6) is 1.69. The molecule has 3 aromatic rings. The second-order valence-corrected chi connectivity index (χ2v) is 5.49. The van der Waals surface area contributed by atoms with Crippen LogP contribution in [0.3, 0.4) is 0 Å². The van der Waals surface area contributed by atoms with Crippen LogP contribution < -0.4 is 4.74 Å². The van der Waals surface area contributed by atoms with Crippen molar-refractivity contribution >= 4 is 34.1 Å². The van der Waals surface area contributed by atoms with Gasteiger partial charge in [0.05, 0.1) is 5.52 Å². The molecule has 0 amide bonds. The van der Waals surface area contributed by atoms with Crippen molar-refractivity contribution in [3.8, 4) is 11.6 Å². The molecule has 0 saturated carbocycles. The Morgan fingerprint density at radius 3 is 2.67 bits per heavy atom. The summed E-state index contributed by atoms with van der Waals surface area (Å²) in [5.41, 5.74) is 2.84. The van der Waals surface area contributed by atoms with E-state index in [0.717, 1.165) is 27.8 Å². The topological polar surface area (TPSA) is 22.1 Å². The van der Waals surface area contributed by atoms with E-state index >= 15 is 0 Å². The third-order valence-corrected chi connectivity index (χ3v) is 3.80. The van der Waals surface area contributed by atoms with E-state index in [2.05, 4.69) is 4.98 Å². The monoisotopic (exact) mass is 317 g/mol. The summed E-state index contributed by atoms with van der Waals surface area (Å²) in [6.45, 7) is 1.95. The molecule has 0 atom stereocenters. The van der Waals surface area contributed by atoms with Crippen LogP contribution in [0.2, 0.25) is 5.02 Å². The number of aryl methyl sites for hydroxylation is 1. The van der Waals surface area contributed by atoms with Crippen molar-refractivity contribution in [1.29, 1.82) is 0 Å². The van der Waals surface area contributed by atoms with E-state index in [-0.39, 0.29) is 0 Å². The number of para-hydroxylation sites is 1. The highest BCUT2D eigenvalue weighted by atomic mass is 35.5. The molecule has 106 valence electrons. The Morgan fingerprint density at radius 2 is 1.90 bits per heavy atom. The number of pyridine rings is 1. The van der Waals surface area contributed by atoms with Crippen LogP contribution in [-0.2, 0) is 5.88 Å². The lowest BCUT2D eigenvalue weighted by molar-refractivity contribution is 0.461. The van der Waals surface area contributed by atoms with Crippen LogP contribution in [0.25, 0.3) is 10.9 Å². The van der Waals surface area contributed by atoms with Gasteiger partial charge in [0.15, 0.2) is 0 Å². The smallest absolute Gasteiger partial charge is 0.220 e. The van der Waals surface area contributed by atoms with Gasteiger partial charge in [-0.05, 0) is 42.3 Å². The van der Waals surface area contributed by atoms with Crippen LogP contribution in [-0.4, -0.2) is 4.98 Å². The highest BCUT2D eigenvalue weighted by Crippen LogP contribution is 2.29. The summed E-state index contributed by atoms with van der Waals surface area (Å²) < 4.78 is 5.89. The molecule has 0 unspecified atom stereocenters. The molecule has 2 nitrogen and oxygen atoms in total. The normalized spacial score (nSPS) is 10.8. The van der Waals surface area contributed by atoms with Crippen molar-refractivity contribution < 1.29 is 4.74 Å². The van der Waals surface area contributed by atoms with Crippen LogP contribution in [0.1, 0.15) is 11.1 Å². The lowest BCUT2D eigenvalue weighted by Crippen LogP contribution is -1.93. The van der Waals surface area contributed by atoms with Crippen LogP contribution >= 0.6 is 23.2 Å². The maximum absolute atomic E-state index is 6.03. The Kier molecular flexibility index (Phi) is 4.00. The summed E-state index contributed by atoms with van der Waals surface area (Å²) >= 11 is 12.0. The van der Waals surface area contributed by atoms with Gasteiger partial charge in [0.25, 0.3) is 0 Å². The molecule has 3 rings (SSSR count). The molecule has 0 bridgehead atoms. The van der Waals surface area contributed by atoms with Gasteiger partial charge < -0.3 is 4.74 Å². The van der Waals surface area contributed by atoms with Gasteiger partial charge in [0.1, 0.15) is 5.75 Å². The number of rotatable bonds is 3. The summed E-state index contributed by atoms with van der Waals surface area (Å²) in [5, 5.41) is 1.74. The van der Waals surface area contributed by atoms with Gasteiger partial charge in [-0.15, -0.1) is 11.6 Å². The zero-order chi connectivity index (χ0) is 14.8. The van der Waals surface area contributed by atoms with Gasteiger partial charge in [-0.2, -0.15) is 0 Å². The van der Waals surface area contributed by atoms with Crippen LogP contribution in [0.15, 0.2) is 48.5 Å². The Balaban J connectivity index is 2.04. The average Bonchev–Trinajstić information content (AvgIpc) is 2.49. The standard InChI is InChI=1S/C17H13Cl2NO/c1-11-8-13(19)6-7-16(11)21-17-9-12(10-18)14-4-2-3-5-15(14)20-17/h2-9H,10H2,1H3. The van der Waals surface area contributed by atoms with Gasteiger partial charge in [-0.3, -0.25) is 0 Å². The van der Waals surface area contributed by atoms with Crippen molar-refractivity contribution in [1.82, 2.24) is 4.98 Å². The Labute approximate surface area is 133 Å². The largest absolute Gasteiger partial charge is 0.439 e. The zero-order valence-corrected chi connectivity index (χ0v) is 12.9. The van der Waals surface area contributed by atoms with Crippen molar-refractivity contribution in [2.24, 2.45) is 0 Å². The third kappa shape index (κ3) is 2.97. The van der Waals surface area contributed by atoms with Crippen molar-refractivity contribution in [3.63, 3.8) is 0 Å². The molecule has 0 aliphatic carbocycles. The minimum Gasteiger partial charge on any atom is -0.439 e. The molecule has 21 heavy (non-hydrogen) atoms. The minimum absolute atomic E-state index is 0.416. The number of ether oxygens (including phenoxy) is 1. The number of hydrogen-bond donors (Lipinski definition) is 0. The Bertz CT molecular complexity index is 802. The third-order valence-electron chi connectivity index (χ3n) is 3.27. The molecule has 2 aromatic carbocycles. The molecule has 0 radical (unpaired) electrons. The van der Waals surface area contributed by atoms with E-state index in [4.69, 9.17) is 27.9 Å². The molecule has 0 N–H and O–H groups in total. The summed E-state index contributed by atoms with van der Waals surface area (Å²) in [6.07, 6.45) is 0. The molecular weight excluding hydrogens is 305 g/mol. The number of benzene rings is 2. The van der Waals surface area contributed by atoms with Crippen molar-refractivity contribution in [2.75, 3.05) is 0 Å². The van der Waals surface area contributed by atoms with Gasteiger partial charge in [-0.1, -0.05) is 29.8 Å². The van der Waals surface area contributed by atoms with Gasteiger partial charge in [-0.25, -0.2) is 4.98 Å². The second kappa shape index (κ2) is 5.92. The fraction of sp³-hybridized carbons (Fsp3) is 0.118.